The minimum atomic E-state index is -0.122. The summed E-state index contributed by atoms with van der Waals surface area (Å²) < 4.78 is 13.0. The molecule has 0 spiro atoms. The Balaban J connectivity index is 2.57. The average Bonchev–Trinajstić information content (AvgIpc) is 2.35. The lowest BCUT2D eigenvalue weighted by Crippen LogP contribution is -2.06. The molecule has 0 saturated carbocycles. The average molecular weight is 150 g/mol. The molecule has 0 amide bonds. The van der Waals surface area contributed by atoms with Crippen molar-refractivity contribution in [2.75, 3.05) is 0 Å². The zero-order chi connectivity index (χ0) is 7.84. The number of fused-ring (bicyclic) bond motifs is 1. The Kier molecular flexibility index (Phi) is 1.43. The maximum atomic E-state index is 13.0. The fraction of sp³-hybridized carbons (Fsp3) is 0.222. The highest BCUT2D eigenvalue weighted by atomic mass is 19.1. The van der Waals surface area contributed by atoms with Gasteiger partial charge >= 0.3 is 0 Å². The van der Waals surface area contributed by atoms with Crippen LogP contribution in [0.4, 0.5) is 4.39 Å². The maximum absolute atomic E-state index is 13.0. The van der Waals surface area contributed by atoms with Gasteiger partial charge in [0.15, 0.2) is 0 Å². The molecule has 0 bridgehead atoms. The third kappa shape index (κ3) is 0.942. The second-order valence-electron chi connectivity index (χ2n) is 2.79. The van der Waals surface area contributed by atoms with E-state index in [2.05, 4.69) is 0 Å². The van der Waals surface area contributed by atoms with E-state index in [1.807, 2.05) is 6.07 Å². The third-order valence-electron chi connectivity index (χ3n) is 2.11. The van der Waals surface area contributed by atoms with Crippen LogP contribution >= 0.6 is 0 Å². The molecular formula is C9H9FN. The monoisotopic (exact) mass is 150 g/mol. The molecule has 2 rings (SSSR count). The van der Waals surface area contributed by atoms with Gasteiger partial charge in [0, 0.05) is 0 Å². The summed E-state index contributed by atoms with van der Waals surface area (Å²) in [6.45, 7) is 0. The highest BCUT2D eigenvalue weighted by Gasteiger charge is 2.21. The van der Waals surface area contributed by atoms with Gasteiger partial charge in [0.1, 0.15) is 5.82 Å². The van der Waals surface area contributed by atoms with Crippen LogP contribution in [0.15, 0.2) is 18.2 Å². The number of halogens is 1. The van der Waals surface area contributed by atoms with Crippen LogP contribution in [-0.4, -0.2) is 0 Å². The largest absolute Gasteiger partial charge is 0.320 e. The van der Waals surface area contributed by atoms with E-state index < -0.39 is 0 Å². The Labute approximate surface area is 65.0 Å². The topological polar surface area (TPSA) is 26.0 Å². The van der Waals surface area contributed by atoms with E-state index >= 15 is 0 Å². The predicted octanol–water partition coefficient (Wildman–Crippen LogP) is 1.61. The van der Waals surface area contributed by atoms with Crippen LogP contribution in [-0.2, 0) is 6.42 Å². The Hall–Kier alpha value is -0.890. The van der Waals surface area contributed by atoms with Crippen molar-refractivity contribution in [1.29, 1.82) is 0 Å². The SMILES string of the molecule is N[C]1CCc2c(F)cccc21. The third-order valence-corrected chi connectivity index (χ3v) is 2.11. The summed E-state index contributed by atoms with van der Waals surface area (Å²) in [5, 5.41) is 0. The van der Waals surface area contributed by atoms with E-state index in [-0.39, 0.29) is 5.82 Å². The van der Waals surface area contributed by atoms with Gasteiger partial charge in [-0.25, -0.2) is 4.39 Å². The van der Waals surface area contributed by atoms with Gasteiger partial charge in [-0.3, -0.25) is 0 Å². The highest BCUT2D eigenvalue weighted by molar-refractivity contribution is 5.42. The summed E-state index contributed by atoms with van der Waals surface area (Å²) in [5.41, 5.74) is 7.36. The second-order valence-corrected chi connectivity index (χ2v) is 2.79. The summed E-state index contributed by atoms with van der Waals surface area (Å²) in [7, 11) is 0. The van der Waals surface area contributed by atoms with Crippen molar-refractivity contribution in [2.24, 2.45) is 5.73 Å². The smallest absolute Gasteiger partial charge is 0.126 e. The quantitative estimate of drug-likeness (QED) is 0.597. The van der Waals surface area contributed by atoms with Gasteiger partial charge in [-0.05, 0) is 30.0 Å². The van der Waals surface area contributed by atoms with Gasteiger partial charge in [-0.2, -0.15) is 0 Å². The summed E-state index contributed by atoms with van der Waals surface area (Å²) in [6, 6.07) is 5.88. The molecule has 0 aromatic heterocycles. The minimum Gasteiger partial charge on any atom is -0.320 e. The summed E-state index contributed by atoms with van der Waals surface area (Å²) in [5.74, 6) is -0.122. The summed E-state index contributed by atoms with van der Waals surface area (Å²) in [6.07, 6.45) is 1.56. The number of nitrogens with two attached hydrogens (primary N) is 1. The molecule has 0 aliphatic heterocycles. The zero-order valence-electron chi connectivity index (χ0n) is 6.10. The molecule has 0 atom stereocenters. The first-order valence-corrected chi connectivity index (χ1v) is 3.68. The molecule has 0 saturated heterocycles. The molecule has 57 valence electrons. The van der Waals surface area contributed by atoms with Crippen molar-refractivity contribution in [3.63, 3.8) is 0 Å². The lowest BCUT2D eigenvalue weighted by Gasteiger charge is -2.02. The lowest BCUT2D eigenvalue weighted by molar-refractivity contribution is 0.613. The van der Waals surface area contributed by atoms with Gasteiger partial charge in [0.05, 0.1) is 6.04 Å². The molecule has 1 aliphatic carbocycles. The van der Waals surface area contributed by atoms with E-state index in [4.69, 9.17) is 5.73 Å². The van der Waals surface area contributed by atoms with Gasteiger partial charge in [-0.1, -0.05) is 12.1 Å². The zero-order valence-corrected chi connectivity index (χ0v) is 6.10. The van der Waals surface area contributed by atoms with E-state index in [1.54, 1.807) is 6.07 Å². The van der Waals surface area contributed by atoms with Crippen molar-refractivity contribution < 1.29 is 4.39 Å². The molecule has 2 N–H and O–H groups in total. The van der Waals surface area contributed by atoms with Crippen molar-refractivity contribution in [3.05, 3.63) is 41.2 Å². The lowest BCUT2D eigenvalue weighted by atomic mass is 10.1. The second kappa shape index (κ2) is 2.31. The normalized spacial score (nSPS) is 16.9. The number of benzene rings is 1. The van der Waals surface area contributed by atoms with Crippen molar-refractivity contribution in [3.8, 4) is 0 Å². The van der Waals surface area contributed by atoms with Crippen LogP contribution in [0, 0.1) is 11.9 Å². The van der Waals surface area contributed by atoms with Crippen molar-refractivity contribution in [1.82, 2.24) is 0 Å². The fourth-order valence-electron chi connectivity index (χ4n) is 1.51. The Bertz CT molecular complexity index is 283. The molecule has 1 nitrogen and oxygen atoms in total. The maximum Gasteiger partial charge on any atom is 0.126 e. The Morgan fingerprint density at radius 1 is 1.27 bits per heavy atom. The van der Waals surface area contributed by atoms with Crippen LogP contribution in [0.2, 0.25) is 0 Å². The van der Waals surface area contributed by atoms with E-state index in [1.165, 1.54) is 6.07 Å². The summed E-state index contributed by atoms with van der Waals surface area (Å²) >= 11 is 0. The first kappa shape index (κ1) is 6.80. The Morgan fingerprint density at radius 3 is 2.82 bits per heavy atom. The van der Waals surface area contributed by atoms with Gasteiger partial charge < -0.3 is 5.73 Å². The summed E-state index contributed by atoms with van der Waals surface area (Å²) in [4.78, 5) is 0. The molecule has 1 aliphatic rings. The minimum absolute atomic E-state index is 0.122. The van der Waals surface area contributed by atoms with Crippen LogP contribution in [0.25, 0.3) is 0 Å². The predicted molar refractivity (Wildman–Crippen MR) is 41.3 cm³/mol. The first-order valence-electron chi connectivity index (χ1n) is 3.68. The van der Waals surface area contributed by atoms with Gasteiger partial charge in [0.25, 0.3) is 0 Å². The first-order chi connectivity index (χ1) is 5.29. The van der Waals surface area contributed by atoms with Gasteiger partial charge in [0.2, 0.25) is 0 Å². The van der Waals surface area contributed by atoms with Gasteiger partial charge in [-0.15, -0.1) is 0 Å². The molecule has 1 aromatic rings. The number of hydrogen-bond acceptors (Lipinski definition) is 1. The fourth-order valence-corrected chi connectivity index (χ4v) is 1.51. The van der Waals surface area contributed by atoms with Crippen molar-refractivity contribution >= 4 is 0 Å². The molecule has 0 fully saturated rings. The Morgan fingerprint density at radius 2 is 2.09 bits per heavy atom. The van der Waals surface area contributed by atoms with Crippen LogP contribution in [0.1, 0.15) is 17.5 Å². The van der Waals surface area contributed by atoms with E-state index in [0.29, 0.717) is 0 Å². The number of hydrogen-bond donors (Lipinski definition) is 1. The van der Waals surface area contributed by atoms with Crippen LogP contribution < -0.4 is 5.73 Å². The molecule has 2 heteroatoms. The van der Waals surface area contributed by atoms with E-state index in [9.17, 15) is 4.39 Å². The molecule has 1 aromatic carbocycles. The highest BCUT2D eigenvalue weighted by Crippen LogP contribution is 2.29. The molecular weight excluding hydrogens is 141 g/mol. The number of rotatable bonds is 0. The van der Waals surface area contributed by atoms with Crippen LogP contribution in [0.5, 0.6) is 0 Å². The molecule has 1 radical (unpaired) electrons. The standard InChI is InChI=1S/C9H9FN/c10-8-3-1-2-7-6(8)4-5-9(7)11/h1-3H,4-5,11H2. The van der Waals surface area contributed by atoms with E-state index in [0.717, 1.165) is 30.0 Å². The van der Waals surface area contributed by atoms with Crippen molar-refractivity contribution in [2.45, 2.75) is 12.8 Å². The molecule has 0 unspecified atom stereocenters. The van der Waals surface area contributed by atoms with Crippen LogP contribution in [0.3, 0.4) is 0 Å². The molecule has 0 heterocycles. The molecule has 11 heavy (non-hydrogen) atoms.